The Morgan fingerprint density at radius 1 is 1.03 bits per heavy atom. The Balaban J connectivity index is 1.64. The van der Waals surface area contributed by atoms with Gasteiger partial charge in [-0.3, -0.25) is 4.79 Å². The van der Waals surface area contributed by atoms with Gasteiger partial charge in [0.15, 0.2) is 0 Å². The lowest BCUT2D eigenvalue weighted by Gasteiger charge is -2.43. The highest BCUT2D eigenvalue weighted by molar-refractivity contribution is 6.99. The Kier molecular flexibility index (Phi) is 8.63. The standard InChI is InChI=1S/C32H43NO4Si/c1-23(2)29-22-36-31(35)33(29)30(34)26-18-17-24(3)19-25(20-26)21-37-38(32(4,5)6,27-13-9-7-10-14-27)28-15-11-8-12-16-28/h7-16,19,23-24,26,29H,17-18,20-22H2,1-6H3/t24-,26-,29-/m1/s1. The van der Waals surface area contributed by atoms with Gasteiger partial charge in [0.25, 0.3) is 8.32 Å². The molecule has 1 saturated heterocycles. The Morgan fingerprint density at radius 2 is 1.61 bits per heavy atom. The number of amides is 2. The molecule has 38 heavy (non-hydrogen) atoms. The quantitative estimate of drug-likeness (QED) is 0.327. The van der Waals surface area contributed by atoms with E-state index in [4.69, 9.17) is 9.16 Å². The fourth-order valence-corrected chi connectivity index (χ4v) is 10.7. The Labute approximate surface area is 229 Å². The molecule has 0 bridgehead atoms. The predicted molar refractivity (Wildman–Crippen MR) is 155 cm³/mol. The highest BCUT2D eigenvalue weighted by atomic mass is 28.4. The van der Waals surface area contributed by atoms with Crippen molar-refractivity contribution in [3.63, 3.8) is 0 Å². The summed E-state index contributed by atoms with van der Waals surface area (Å²) in [7, 11) is -2.69. The Bertz CT molecular complexity index is 1100. The normalized spacial score (nSPS) is 22.7. The summed E-state index contributed by atoms with van der Waals surface area (Å²) >= 11 is 0. The minimum atomic E-state index is -2.69. The summed E-state index contributed by atoms with van der Waals surface area (Å²) in [5, 5.41) is 2.37. The van der Waals surface area contributed by atoms with Gasteiger partial charge in [0.2, 0.25) is 5.91 Å². The van der Waals surface area contributed by atoms with Gasteiger partial charge in [0.05, 0.1) is 12.6 Å². The average Bonchev–Trinajstić information content (AvgIpc) is 3.17. The molecule has 0 spiro atoms. The number of carbonyl (C=O) groups is 2. The van der Waals surface area contributed by atoms with Gasteiger partial charge in [-0.2, -0.15) is 0 Å². The van der Waals surface area contributed by atoms with Crippen LogP contribution in [0.4, 0.5) is 4.79 Å². The largest absolute Gasteiger partial charge is 0.447 e. The Hall–Kier alpha value is -2.70. The third kappa shape index (κ3) is 5.67. The van der Waals surface area contributed by atoms with Crippen molar-refractivity contribution in [2.75, 3.05) is 13.2 Å². The number of allylic oxidation sites excluding steroid dienone is 1. The van der Waals surface area contributed by atoms with E-state index in [9.17, 15) is 9.59 Å². The van der Waals surface area contributed by atoms with Crippen LogP contribution < -0.4 is 10.4 Å². The summed E-state index contributed by atoms with van der Waals surface area (Å²) in [5.41, 5.74) is 1.15. The van der Waals surface area contributed by atoms with Gasteiger partial charge < -0.3 is 9.16 Å². The first kappa shape index (κ1) is 28.3. The number of rotatable bonds is 7. The Morgan fingerprint density at radius 3 is 2.13 bits per heavy atom. The van der Waals surface area contributed by atoms with Crippen molar-refractivity contribution in [1.82, 2.24) is 4.90 Å². The minimum absolute atomic E-state index is 0.100. The summed E-state index contributed by atoms with van der Waals surface area (Å²) in [6.45, 7) is 13.9. The molecule has 2 aromatic carbocycles. The number of ether oxygens (including phenoxy) is 1. The molecule has 204 valence electrons. The van der Waals surface area contributed by atoms with Crippen LogP contribution in [0, 0.1) is 17.8 Å². The third-order valence-electron chi connectivity index (χ3n) is 8.15. The molecular formula is C32H43NO4Si. The summed E-state index contributed by atoms with van der Waals surface area (Å²) < 4.78 is 12.5. The van der Waals surface area contributed by atoms with Gasteiger partial charge in [-0.25, -0.2) is 9.69 Å². The minimum Gasteiger partial charge on any atom is -0.447 e. The number of imide groups is 1. The zero-order valence-corrected chi connectivity index (χ0v) is 24.8. The van der Waals surface area contributed by atoms with Crippen molar-refractivity contribution < 1.29 is 18.8 Å². The highest BCUT2D eigenvalue weighted by Crippen LogP contribution is 2.38. The fourth-order valence-electron chi connectivity index (χ4n) is 6.09. The van der Waals surface area contributed by atoms with Crippen molar-refractivity contribution in [3.8, 4) is 0 Å². The van der Waals surface area contributed by atoms with Gasteiger partial charge in [-0.1, -0.05) is 108 Å². The van der Waals surface area contributed by atoms with E-state index >= 15 is 0 Å². The molecule has 0 aromatic heterocycles. The van der Waals surface area contributed by atoms with Crippen molar-refractivity contribution in [1.29, 1.82) is 0 Å². The van der Waals surface area contributed by atoms with E-state index < -0.39 is 14.4 Å². The lowest BCUT2D eigenvalue weighted by Crippen LogP contribution is -2.66. The third-order valence-corrected chi connectivity index (χ3v) is 13.1. The topological polar surface area (TPSA) is 55.8 Å². The number of cyclic esters (lactones) is 1. The second kappa shape index (κ2) is 11.6. The van der Waals surface area contributed by atoms with Crippen LogP contribution >= 0.6 is 0 Å². The van der Waals surface area contributed by atoms with Crippen LogP contribution in [0.1, 0.15) is 60.8 Å². The van der Waals surface area contributed by atoms with Crippen LogP contribution in [-0.2, 0) is 14.0 Å². The summed E-state index contributed by atoms with van der Waals surface area (Å²) in [6, 6.07) is 21.1. The van der Waals surface area contributed by atoms with E-state index in [0.717, 1.165) is 18.4 Å². The summed E-state index contributed by atoms with van der Waals surface area (Å²) in [5.74, 6) is 0.151. The number of nitrogens with zero attached hydrogens (tertiary/aromatic N) is 1. The van der Waals surface area contributed by atoms with Crippen molar-refractivity contribution in [2.45, 2.75) is 71.9 Å². The number of hydrogen-bond donors (Lipinski definition) is 0. The van der Waals surface area contributed by atoms with Crippen LogP contribution in [-0.4, -0.2) is 44.5 Å². The second-order valence-corrected chi connectivity index (χ2v) is 16.6. The van der Waals surface area contributed by atoms with Gasteiger partial charge in [-0.05, 0) is 52.1 Å². The van der Waals surface area contributed by atoms with Gasteiger partial charge in [-0.15, -0.1) is 0 Å². The first-order chi connectivity index (χ1) is 18.0. The van der Waals surface area contributed by atoms with E-state index in [1.54, 1.807) is 0 Å². The van der Waals surface area contributed by atoms with Crippen LogP contribution in [0.2, 0.25) is 5.04 Å². The van der Waals surface area contributed by atoms with Gasteiger partial charge in [0, 0.05) is 5.92 Å². The van der Waals surface area contributed by atoms with Gasteiger partial charge in [0.1, 0.15) is 6.61 Å². The molecule has 2 aliphatic rings. The van der Waals surface area contributed by atoms with E-state index in [1.807, 2.05) is 13.8 Å². The molecule has 3 atom stereocenters. The first-order valence-corrected chi connectivity index (χ1v) is 15.9. The van der Waals surface area contributed by atoms with Crippen LogP contribution in [0.25, 0.3) is 0 Å². The molecule has 6 heteroatoms. The van der Waals surface area contributed by atoms with Crippen LogP contribution in [0.15, 0.2) is 72.3 Å². The lowest BCUT2D eigenvalue weighted by atomic mass is 9.94. The molecule has 5 nitrogen and oxygen atoms in total. The van der Waals surface area contributed by atoms with Crippen LogP contribution in [0.3, 0.4) is 0 Å². The van der Waals surface area contributed by atoms with Crippen molar-refractivity contribution in [3.05, 3.63) is 72.3 Å². The van der Waals surface area contributed by atoms with Crippen molar-refractivity contribution >= 4 is 30.7 Å². The molecule has 2 aromatic rings. The first-order valence-electron chi connectivity index (χ1n) is 14.0. The summed E-state index contributed by atoms with van der Waals surface area (Å²) in [4.78, 5) is 27.6. The smallest absolute Gasteiger partial charge is 0.416 e. The lowest BCUT2D eigenvalue weighted by molar-refractivity contribution is -0.134. The monoisotopic (exact) mass is 533 g/mol. The molecular weight excluding hydrogens is 490 g/mol. The fraction of sp³-hybridized carbons (Fsp3) is 0.500. The number of carbonyl (C=O) groups excluding carboxylic acids is 2. The van der Waals surface area contributed by atoms with E-state index in [-0.39, 0.29) is 35.4 Å². The maximum atomic E-state index is 13.7. The second-order valence-electron chi connectivity index (χ2n) is 12.3. The molecule has 0 saturated carbocycles. The van der Waals surface area contributed by atoms with Crippen molar-refractivity contribution in [2.24, 2.45) is 17.8 Å². The molecule has 0 unspecified atom stereocenters. The molecule has 1 fully saturated rings. The predicted octanol–water partition coefficient (Wildman–Crippen LogP) is 5.93. The van der Waals surface area contributed by atoms with E-state index in [2.05, 4.69) is 94.4 Å². The SMILES string of the molecule is CC(C)[C@H]1COC(=O)N1C(=O)[C@@H]1CC[C@@H](C)C=C(CO[Si](c2ccccc2)(c2ccccc2)C(C)(C)C)C1. The zero-order valence-electron chi connectivity index (χ0n) is 23.8. The summed E-state index contributed by atoms with van der Waals surface area (Å²) in [6.07, 6.45) is 4.07. The van der Waals surface area contributed by atoms with Gasteiger partial charge >= 0.3 is 6.09 Å². The molecule has 0 radical (unpaired) electrons. The molecule has 4 rings (SSSR count). The number of hydrogen-bond acceptors (Lipinski definition) is 4. The van der Waals surface area contributed by atoms with E-state index in [0.29, 0.717) is 18.9 Å². The van der Waals surface area contributed by atoms with E-state index in [1.165, 1.54) is 15.3 Å². The maximum Gasteiger partial charge on any atom is 0.416 e. The number of benzene rings is 2. The molecule has 0 N–H and O–H groups in total. The molecule has 1 aliphatic heterocycles. The molecule has 2 amide bonds. The molecule has 1 heterocycles. The zero-order chi connectivity index (χ0) is 27.5. The maximum absolute atomic E-state index is 13.7. The average molecular weight is 534 g/mol. The molecule has 1 aliphatic carbocycles. The highest BCUT2D eigenvalue weighted by Gasteiger charge is 2.50. The van der Waals surface area contributed by atoms with Crippen LogP contribution in [0.5, 0.6) is 0 Å².